The zero-order chi connectivity index (χ0) is 16.5. The first-order valence-electron chi connectivity index (χ1n) is 7.86. The molecule has 0 atom stereocenters. The van der Waals surface area contributed by atoms with Crippen molar-refractivity contribution in [3.63, 3.8) is 0 Å². The summed E-state index contributed by atoms with van der Waals surface area (Å²) in [4.78, 5) is 0. The summed E-state index contributed by atoms with van der Waals surface area (Å²) in [5, 5.41) is 0.645. The van der Waals surface area contributed by atoms with Crippen LogP contribution in [-0.4, -0.2) is 19.8 Å². The second-order valence-electron chi connectivity index (χ2n) is 8.33. The van der Waals surface area contributed by atoms with E-state index in [4.69, 9.17) is 0 Å². The van der Waals surface area contributed by atoms with Gasteiger partial charge in [0.05, 0.1) is 0 Å². The summed E-state index contributed by atoms with van der Waals surface area (Å²) in [6, 6.07) is 8.60. The van der Waals surface area contributed by atoms with E-state index in [0.717, 1.165) is 6.54 Å². The molecule has 0 heterocycles. The van der Waals surface area contributed by atoms with Crippen molar-refractivity contribution in [1.82, 2.24) is 4.57 Å². The monoisotopic (exact) mass is 303 g/mol. The van der Waals surface area contributed by atoms with Crippen molar-refractivity contribution in [2.75, 3.05) is 7.05 Å². The van der Waals surface area contributed by atoms with Crippen molar-refractivity contribution in [3.8, 4) is 0 Å². The standard InChI is InChI=1S/C19H33NSi/c1-10-16-13-11-12-14-17(16)15-20(8)21(9,18(2,3)4)19(5,6)7/h10-14H,1,15H2,2-9H3. The number of benzene rings is 1. The Morgan fingerprint density at radius 1 is 1.05 bits per heavy atom. The quantitative estimate of drug-likeness (QED) is 0.622. The zero-order valence-electron chi connectivity index (χ0n) is 15.2. The molecule has 0 saturated carbocycles. The molecule has 0 spiro atoms. The Labute approximate surface area is 133 Å². The summed E-state index contributed by atoms with van der Waals surface area (Å²) in [5.74, 6) is 0. The third-order valence-corrected chi connectivity index (χ3v) is 12.9. The molecule has 0 radical (unpaired) electrons. The minimum atomic E-state index is -1.68. The van der Waals surface area contributed by atoms with E-state index in [0.29, 0.717) is 10.1 Å². The summed E-state index contributed by atoms with van der Waals surface area (Å²) < 4.78 is 2.65. The minimum absolute atomic E-state index is 0.323. The lowest BCUT2D eigenvalue weighted by Crippen LogP contribution is -2.61. The van der Waals surface area contributed by atoms with Gasteiger partial charge in [-0.3, -0.25) is 0 Å². The van der Waals surface area contributed by atoms with E-state index in [1.807, 2.05) is 6.08 Å². The van der Waals surface area contributed by atoms with Crippen LogP contribution in [0.4, 0.5) is 0 Å². The maximum atomic E-state index is 3.95. The first-order chi connectivity index (χ1) is 9.45. The Bertz CT molecular complexity index is 477. The molecule has 0 saturated heterocycles. The predicted molar refractivity (Wildman–Crippen MR) is 99.0 cm³/mol. The summed E-state index contributed by atoms with van der Waals surface area (Å²) in [7, 11) is 0.633. The molecular formula is C19H33NSi. The van der Waals surface area contributed by atoms with E-state index >= 15 is 0 Å². The number of nitrogens with zero attached hydrogens (tertiary/aromatic N) is 1. The molecule has 1 rings (SSSR count). The van der Waals surface area contributed by atoms with Gasteiger partial charge in [-0.25, -0.2) is 0 Å². The molecule has 118 valence electrons. The van der Waals surface area contributed by atoms with Crippen LogP contribution >= 0.6 is 0 Å². The Kier molecular flexibility index (Phi) is 5.28. The van der Waals surface area contributed by atoms with Gasteiger partial charge in [-0.1, -0.05) is 85.0 Å². The van der Waals surface area contributed by atoms with Gasteiger partial charge in [0.25, 0.3) is 0 Å². The van der Waals surface area contributed by atoms with Crippen LogP contribution in [0.1, 0.15) is 52.7 Å². The van der Waals surface area contributed by atoms with Crippen LogP contribution in [0.25, 0.3) is 6.08 Å². The number of rotatable bonds is 4. The molecule has 1 aromatic rings. The van der Waals surface area contributed by atoms with Crippen molar-refractivity contribution in [2.24, 2.45) is 0 Å². The van der Waals surface area contributed by atoms with Crippen molar-refractivity contribution in [2.45, 2.75) is 64.7 Å². The molecule has 0 unspecified atom stereocenters. The summed E-state index contributed by atoms with van der Waals surface area (Å²) in [6.45, 7) is 21.9. The van der Waals surface area contributed by atoms with Crippen molar-refractivity contribution < 1.29 is 0 Å². The zero-order valence-corrected chi connectivity index (χ0v) is 16.2. The third kappa shape index (κ3) is 3.49. The van der Waals surface area contributed by atoms with Crippen molar-refractivity contribution in [1.29, 1.82) is 0 Å². The maximum absolute atomic E-state index is 3.95. The Morgan fingerprint density at radius 3 is 1.95 bits per heavy atom. The molecular weight excluding hydrogens is 270 g/mol. The molecule has 0 aliphatic rings. The average molecular weight is 304 g/mol. The minimum Gasteiger partial charge on any atom is -0.321 e. The van der Waals surface area contributed by atoms with Gasteiger partial charge < -0.3 is 4.57 Å². The van der Waals surface area contributed by atoms with Gasteiger partial charge in [-0.2, -0.15) is 0 Å². The van der Waals surface area contributed by atoms with Crippen LogP contribution in [0.2, 0.25) is 16.6 Å². The Morgan fingerprint density at radius 2 is 1.52 bits per heavy atom. The van der Waals surface area contributed by atoms with Crippen LogP contribution in [0.3, 0.4) is 0 Å². The SMILES string of the molecule is C=Cc1ccccc1CN(C)[Si](C)(C(C)(C)C)C(C)(C)C. The highest BCUT2D eigenvalue weighted by Gasteiger charge is 2.52. The highest BCUT2D eigenvalue weighted by molar-refractivity contribution is 6.81. The second-order valence-corrected chi connectivity index (χ2v) is 14.2. The van der Waals surface area contributed by atoms with Gasteiger partial charge in [0.15, 0.2) is 0 Å². The van der Waals surface area contributed by atoms with Crippen LogP contribution < -0.4 is 0 Å². The fraction of sp³-hybridized carbons (Fsp3) is 0.579. The van der Waals surface area contributed by atoms with Gasteiger partial charge in [-0.05, 0) is 28.3 Å². The van der Waals surface area contributed by atoms with Crippen molar-refractivity contribution >= 4 is 14.3 Å². The molecule has 1 nitrogen and oxygen atoms in total. The van der Waals surface area contributed by atoms with Gasteiger partial charge in [0.1, 0.15) is 8.24 Å². The summed E-state index contributed by atoms with van der Waals surface area (Å²) in [5.41, 5.74) is 2.63. The van der Waals surface area contributed by atoms with Gasteiger partial charge in [0.2, 0.25) is 0 Å². The van der Waals surface area contributed by atoms with Crippen LogP contribution in [-0.2, 0) is 6.54 Å². The van der Waals surface area contributed by atoms with E-state index in [1.54, 1.807) is 0 Å². The molecule has 0 fully saturated rings. The number of hydrogen-bond acceptors (Lipinski definition) is 1. The van der Waals surface area contributed by atoms with Gasteiger partial charge in [0, 0.05) is 6.54 Å². The predicted octanol–water partition coefficient (Wildman–Crippen LogP) is 5.94. The Balaban J connectivity index is 3.20. The molecule has 0 N–H and O–H groups in total. The van der Waals surface area contributed by atoms with Crippen LogP contribution in [0, 0.1) is 0 Å². The molecule has 0 bridgehead atoms. The molecule has 0 aromatic heterocycles. The van der Waals surface area contributed by atoms with E-state index < -0.39 is 8.24 Å². The normalized spacial score (nSPS) is 13.6. The Hall–Kier alpha value is -0.863. The molecule has 2 heteroatoms. The van der Waals surface area contributed by atoms with Gasteiger partial charge >= 0.3 is 0 Å². The molecule has 21 heavy (non-hydrogen) atoms. The third-order valence-electron chi connectivity index (χ3n) is 5.37. The molecule has 1 aromatic carbocycles. The highest BCUT2D eigenvalue weighted by Crippen LogP contribution is 2.52. The van der Waals surface area contributed by atoms with Crippen LogP contribution in [0.15, 0.2) is 30.8 Å². The largest absolute Gasteiger partial charge is 0.321 e. The lowest BCUT2D eigenvalue weighted by Gasteiger charge is -2.54. The fourth-order valence-corrected chi connectivity index (χ4v) is 8.59. The molecule has 0 amide bonds. The van der Waals surface area contributed by atoms with Crippen LogP contribution in [0.5, 0.6) is 0 Å². The molecule has 0 aliphatic heterocycles. The first kappa shape index (κ1) is 18.2. The topological polar surface area (TPSA) is 3.24 Å². The van der Waals surface area contributed by atoms with E-state index in [9.17, 15) is 0 Å². The van der Waals surface area contributed by atoms with E-state index in [1.165, 1.54) is 11.1 Å². The van der Waals surface area contributed by atoms with Crippen molar-refractivity contribution in [3.05, 3.63) is 42.0 Å². The summed E-state index contributed by atoms with van der Waals surface area (Å²) in [6.07, 6.45) is 1.97. The summed E-state index contributed by atoms with van der Waals surface area (Å²) >= 11 is 0. The smallest absolute Gasteiger partial charge is 0.136 e. The molecule has 0 aliphatic carbocycles. The second kappa shape index (κ2) is 6.10. The lowest BCUT2D eigenvalue weighted by atomic mass is 10.1. The van der Waals surface area contributed by atoms with Gasteiger partial charge in [-0.15, -0.1) is 0 Å². The lowest BCUT2D eigenvalue weighted by molar-refractivity contribution is 0.419. The average Bonchev–Trinajstić information content (AvgIpc) is 2.35. The van der Waals surface area contributed by atoms with E-state index in [2.05, 4.69) is 90.5 Å². The highest BCUT2D eigenvalue weighted by atomic mass is 28.3. The maximum Gasteiger partial charge on any atom is 0.136 e. The first-order valence-corrected chi connectivity index (χ1v) is 10.3. The van der Waals surface area contributed by atoms with E-state index in [-0.39, 0.29) is 0 Å². The fourth-order valence-electron chi connectivity index (χ4n) is 3.56. The number of hydrogen-bond donors (Lipinski definition) is 0.